The molecule has 2 aromatic carbocycles. The molecule has 2 heterocycles. The highest BCUT2D eigenvalue weighted by Crippen LogP contribution is 2.23. The maximum atomic E-state index is 12.9. The lowest BCUT2D eigenvalue weighted by Gasteiger charge is -2.27. The second-order valence-electron chi connectivity index (χ2n) is 7.68. The molecule has 0 saturated carbocycles. The molecule has 146 valence electrons. The fourth-order valence-electron chi connectivity index (χ4n) is 3.93. The zero-order valence-electron chi connectivity index (χ0n) is 16.6. The minimum atomic E-state index is 0.157. The van der Waals surface area contributed by atoms with Gasteiger partial charge in [0, 0.05) is 44.2 Å². The van der Waals surface area contributed by atoms with Gasteiger partial charge in [0.2, 0.25) is 0 Å². The third kappa shape index (κ3) is 4.26. The highest BCUT2D eigenvalue weighted by molar-refractivity contribution is 7.18. The standard InChI is InChI=1S/C23H27N3OS/c1-17-7-5-8-19(15-17)23(27)26-12-6-11-25(13-14-26)18(2)16-22-24-20-9-3-4-10-21(20)28-22/h3-5,7-10,15,18H,6,11-14,16H2,1-2H3/t18-/m0/s1. The van der Waals surface area contributed by atoms with Gasteiger partial charge >= 0.3 is 0 Å². The predicted molar refractivity (Wildman–Crippen MR) is 116 cm³/mol. The van der Waals surface area contributed by atoms with E-state index in [4.69, 9.17) is 4.98 Å². The Hall–Kier alpha value is -2.24. The van der Waals surface area contributed by atoms with Crippen molar-refractivity contribution in [2.24, 2.45) is 0 Å². The lowest BCUT2D eigenvalue weighted by atomic mass is 10.1. The number of rotatable bonds is 4. The molecule has 1 aliphatic rings. The molecule has 0 N–H and O–H groups in total. The molecule has 3 aromatic rings. The minimum Gasteiger partial charge on any atom is -0.337 e. The Bertz CT molecular complexity index is 934. The Balaban J connectivity index is 1.38. The zero-order chi connectivity index (χ0) is 19.5. The number of fused-ring (bicyclic) bond motifs is 1. The van der Waals surface area contributed by atoms with Crippen molar-refractivity contribution >= 4 is 27.5 Å². The molecule has 1 saturated heterocycles. The van der Waals surface area contributed by atoms with E-state index in [1.165, 1.54) is 9.71 Å². The summed E-state index contributed by atoms with van der Waals surface area (Å²) in [6.07, 6.45) is 1.98. The molecule has 1 atom stereocenters. The van der Waals surface area contributed by atoms with Crippen LogP contribution in [0.1, 0.15) is 34.3 Å². The summed E-state index contributed by atoms with van der Waals surface area (Å²) in [7, 11) is 0. The number of amides is 1. The summed E-state index contributed by atoms with van der Waals surface area (Å²) in [4.78, 5) is 22.2. The summed E-state index contributed by atoms with van der Waals surface area (Å²) in [5.74, 6) is 0.157. The van der Waals surface area contributed by atoms with Crippen LogP contribution in [0, 0.1) is 6.92 Å². The number of benzene rings is 2. The van der Waals surface area contributed by atoms with Crippen LogP contribution in [0.5, 0.6) is 0 Å². The lowest BCUT2D eigenvalue weighted by Crippen LogP contribution is -2.39. The Kier molecular flexibility index (Phi) is 5.74. The molecule has 4 nitrogen and oxygen atoms in total. The van der Waals surface area contributed by atoms with E-state index in [0.29, 0.717) is 6.04 Å². The summed E-state index contributed by atoms with van der Waals surface area (Å²) in [5.41, 5.74) is 3.03. The van der Waals surface area contributed by atoms with Gasteiger partial charge in [-0.2, -0.15) is 0 Å². The third-order valence-corrected chi connectivity index (χ3v) is 6.57. The quantitative estimate of drug-likeness (QED) is 0.660. The topological polar surface area (TPSA) is 36.4 Å². The lowest BCUT2D eigenvalue weighted by molar-refractivity contribution is 0.0758. The molecule has 1 amide bonds. The maximum absolute atomic E-state index is 12.9. The molecule has 1 fully saturated rings. The Morgan fingerprint density at radius 3 is 2.79 bits per heavy atom. The van der Waals surface area contributed by atoms with Gasteiger partial charge < -0.3 is 4.90 Å². The van der Waals surface area contributed by atoms with Gasteiger partial charge in [-0.3, -0.25) is 9.69 Å². The average Bonchev–Trinajstić information content (AvgIpc) is 2.93. The number of aryl methyl sites for hydroxylation is 1. The van der Waals surface area contributed by atoms with Crippen LogP contribution in [-0.4, -0.2) is 52.9 Å². The SMILES string of the molecule is Cc1cccc(C(=O)N2CCCN([C@@H](C)Cc3nc4ccccc4s3)CC2)c1. The normalized spacial score (nSPS) is 16.9. The molecule has 28 heavy (non-hydrogen) atoms. The van der Waals surface area contributed by atoms with E-state index < -0.39 is 0 Å². The Labute approximate surface area is 170 Å². The number of para-hydroxylation sites is 1. The second-order valence-corrected chi connectivity index (χ2v) is 8.79. The van der Waals surface area contributed by atoms with E-state index in [9.17, 15) is 4.79 Å². The number of hydrogen-bond acceptors (Lipinski definition) is 4. The number of nitrogens with zero attached hydrogens (tertiary/aromatic N) is 3. The molecule has 4 rings (SSSR count). The largest absolute Gasteiger partial charge is 0.337 e. The van der Waals surface area contributed by atoms with Crippen molar-refractivity contribution in [3.05, 3.63) is 64.7 Å². The fraction of sp³-hybridized carbons (Fsp3) is 0.391. The van der Waals surface area contributed by atoms with Gasteiger partial charge in [0.05, 0.1) is 15.2 Å². The van der Waals surface area contributed by atoms with Crippen LogP contribution in [0.3, 0.4) is 0 Å². The number of carbonyl (C=O) groups excluding carboxylic acids is 1. The van der Waals surface area contributed by atoms with Gasteiger partial charge in [0.1, 0.15) is 0 Å². The van der Waals surface area contributed by atoms with Crippen LogP contribution in [0.15, 0.2) is 48.5 Å². The van der Waals surface area contributed by atoms with Crippen LogP contribution >= 0.6 is 11.3 Å². The van der Waals surface area contributed by atoms with E-state index in [0.717, 1.165) is 55.7 Å². The van der Waals surface area contributed by atoms with E-state index in [1.54, 1.807) is 11.3 Å². The molecule has 1 aromatic heterocycles. The van der Waals surface area contributed by atoms with E-state index in [1.807, 2.05) is 42.2 Å². The summed E-state index contributed by atoms with van der Waals surface area (Å²) in [6.45, 7) is 7.89. The van der Waals surface area contributed by atoms with Gasteiger partial charge in [-0.05, 0) is 44.5 Å². The van der Waals surface area contributed by atoms with E-state index in [2.05, 4.69) is 30.0 Å². The van der Waals surface area contributed by atoms with Crippen molar-refractivity contribution in [2.75, 3.05) is 26.2 Å². The van der Waals surface area contributed by atoms with E-state index in [-0.39, 0.29) is 5.91 Å². The number of carbonyl (C=O) groups is 1. The van der Waals surface area contributed by atoms with Crippen LogP contribution in [0.25, 0.3) is 10.2 Å². The van der Waals surface area contributed by atoms with Crippen molar-refractivity contribution in [1.82, 2.24) is 14.8 Å². The molecule has 0 aliphatic carbocycles. The maximum Gasteiger partial charge on any atom is 0.253 e. The Morgan fingerprint density at radius 1 is 1.11 bits per heavy atom. The molecule has 0 spiro atoms. The van der Waals surface area contributed by atoms with Crippen molar-refractivity contribution in [3.8, 4) is 0 Å². The van der Waals surface area contributed by atoms with Crippen molar-refractivity contribution < 1.29 is 4.79 Å². The highest BCUT2D eigenvalue weighted by atomic mass is 32.1. The van der Waals surface area contributed by atoms with Crippen molar-refractivity contribution in [1.29, 1.82) is 0 Å². The smallest absolute Gasteiger partial charge is 0.253 e. The van der Waals surface area contributed by atoms with Gasteiger partial charge in [0.15, 0.2) is 0 Å². The van der Waals surface area contributed by atoms with Crippen molar-refractivity contribution in [3.63, 3.8) is 0 Å². The first-order valence-electron chi connectivity index (χ1n) is 10.0. The summed E-state index contributed by atoms with van der Waals surface area (Å²) >= 11 is 1.80. The van der Waals surface area contributed by atoms with E-state index >= 15 is 0 Å². The summed E-state index contributed by atoms with van der Waals surface area (Å²) in [5, 5.41) is 1.20. The molecular formula is C23H27N3OS. The Morgan fingerprint density at radius 2 is 1.96 bits per heavy atom. The molecule has 0 radical (unpaired) electrons. The number of hydrogen-bond donors (Lipinski definition) is 0. The van der Waals surface area contributed by atoms with Gasteiger partial charge in [-0.25, -0.2) is 4.98 Å². The van der Waals surface area contributed by atoms with Crippen LogP contribution in [0.4, 0.5) is 0 Å². The van der Waals surface area contributed by atoms with Crippen LogP contribution in [0.2, 0.25) is 0 Å². The minimum absolute atomic E-state index is 0.157. The van der Waals surface area contributed by atoms with Gasteiger partial charge in [0.25, 0.3) is 5.91 Å². The first kappa shape index (κ1) is 19.1. The fourth-order valence-corrected chi connectivity index (χ4v) is 5.02. The molecule has 0 bridgehead atoms. The molecule has 1 aliphatic heterocycles. The molecule has 5 heteroatoms. The number of aromatic nitrogens is 1. The third-order valence-electron chi connectivity index (χ3n) is 5.51. The number of thiazole rings is 1. The average molecular weight is 394 g/mol. The predicted octanol–water partition coefficient (Wildman–Crippen LogP) is 4.38. The monoisotopic (exact) mass is 393 g/mol. The zero-order valence-corrected chi connectivity index (χ0v) is 17.4. The summed E-state index contributed by atoms with van der Waals surface area (Å²) < 4.78 is 1.26. The first-order chi connectivity index (χ1) is 13.6. The first-order valence-corrected chi connectivity index (χ1v) is 10.9. The van der Waals surface area contributed by atoms with Gasteiger partial charge in [-0.15, -0.1) is 11.3 Å². The van der Waals surface area contributed by atoms with Gasteiger partial charge in [-0.1, -0.05) is 29.8 Å². The molecule has 0 unspecified atom stereocenters. The summed E-state index contributed by atoms with van der Waals surface area (Å²) in [6, 6.07) is 16.7. The van der Waals surface area contributed by atoms with Crippen LogP contribution < -0.4 is 0 Å². The van der Waals surface area contributed by atoms with Crippen molar-refractivity contribution in [2.45, 2.75) is 32.7 Å². The highest BCUT2D eigenvalue weighted by Gasteiger charge is 2.23. The van der Waals surface area contributed by atoms with Crippen LogP contribution in [-0.2, 0) is 6.42 Å². The molecular weight excluding hydrogens is 366 g/mol. The second kappa shape index (κ2) is 8.41.